The number of nitrogens with zero attached hydrogens (tertiary/aromatic N) is 2. The highest BCUT2D eigenvalue weighted by molar-refractivity contribution is 5.41. The summed E-state index contributed by atoms with van der Waals surface area (Å²) in [5.74, 6) is 0. The molecule has 13 heavy (non-hydrogen) atoms. The molecule has 4 nitrogen and oxygen atoms in total. The summed E-state index contributed by atoms with van der Waals surface area (Å²) in [7, 11) is 3.59. The van der Waals surface area contributed by atoms with Crippen LogP contribution in [0.4, 0.5) is 5.69 Å². The number of nitrogen functional groups attached to an aromatic ring is 1. The van der Waals surface area contributed by atoms with Crippen LogP contribution in [0.2, 0.25) is 0 Å². The summed E-state index contributed by atoms with van der Waals surface area (Å²) in [6.45, 7) is 4.05. The Morgan fingerprint density at radius 3 is 2.62 bits per heavy atom. The fourth-order valence-electron chi connectivity index (χ4n) is 1.17. The normalized spacial score (nSPS) is 12.0. The number of hydrogen-bond donors (Lipinski definition) is 1. The van der Waals surface area contributed by atoms with Crippen molar-refractivity contribution in [2.24, 2.45) is 7.05 Å². The van der Waals surface area contributed by atoms with Crippen LogP contribution in [-0.4, -0.2) is 22.5 Å². The van der Waals surface area contributed by atoms with E-state index in [0.29, 0.717) is 0 Å². The largest absolute Gasteiger partial charge is 0.396 e. The Hall–Kier alpha value is -1.03. The monoisotopic (exact) mass is 183 g/mol. The number of anilines is 1. The van der Waals surface area contributed by atoms with Crippen LogP contribution < -0.4 is 5.73 Å². The molecule has 2 N–H and O–H groups in total. The molecule has 0 saturated carbocycles. The van der Waals surface area contributed by atoms with Crippen molar-refractivity contribution in [3.8, 4) is 0 Å². The van der Waals surface area contributed by atoms with Gasteiger partial charge in [-0.3, -0.25) is 4.68 Å². The summed E-state index contributed by atoms with van der Waals surface area (Å²) < 4.78 is 7.11. The lowest BCUT2D eigenvalue weighted by Gasteiger charge is -2.22. The van der Waals surface area contributed by atoms with Crippen LogP contribution in [0.1, 0.15) is 19.5 Å². The first-order valence-electron chi connectivity index (χ1n) is 4.28. The molecule has 0 saturated heterocycles. The summed E-state index contributed by atoms with van der Waals surface area (Å²) in [6.07, 6.45) is 2.44. The highest BCUT2D eigenvalue weighted by Crippen LogP contribution is 2.19. The lowest BCUT2D eigenvalue weighted by Crippen LogP contribution is -2.27. The number of rotatable bonds is 3. The van der Waals surface area contributed by atoms with Crippen molar-refractivity contribution in [1.29, 1.82) is 0 Å². The van der Waals surface area contributed by atoms with Gasteiger partial charge in [-0.05, 0) is 13.8 Å². The van der Waals surface area contributed by atoms with Crippen LogP contribution in [0, 0.1) is 0 Å². The molecule has 74 valence electrons. The van der Waals surface area contributed by atoms with Gasteiger partial charge in [0.1, 0.15) is 0 Å². The van der Waals surface area contributed by atoms with E-state index >= 15 is 0 Å². The summed E-state index contributed by atoms with van der Waals surface area (Å²) >= 11 is 0. The smallest absolute Gasteiger partial charge is 0.0734 e. The van der Waals surface area contributed by atoms with Gasteiger partial charge in [0, 0.05) is 20.6 Å². The van der Waals surface area contributed by atoms with Gasteiger partial charge in [0.15, 0.2) is 0 Å². The molecule has 0 bridgehead atoms. The van der Waals surface area contributed by atoms with Crippen molar-refractivity contribution in [3.63, 3.8) is 0 Å². The Labute approximate surface area is 78.7 Å². The van der Waals surface area contributed by atoms with Gasteiger partial charge in [-0.25, -0.2) is 0 Å². The Balaban J connectivity index is 2.85. The highest BCUT2D eigenvalue weighted by Gasteiger charge is 2.20. The second-order valence-electron chi connectivity index (χ2n) is 3.81. The van der Waals surface area contributed by atoms with Gasteiger partial charge in [-0.2, -0.15) is 5.10 Å². The number of hydrogen-bond acceptors (Lipinski definition) is 3. The molecule has 0 aliphatic carbocycles. The van der Waals surface area contributed by atoms with Crippen molar-refractivity contribution < 1.29 is 4.74 Å². The van der Waals surface area contributed by atoms with Crippen LogP contribution in [0.15, 0.2) is 6.20 Å². The topological polar surface area (TPSA) is 53.1 Å². The van der Waals surface area contributed by atoms with E-state index in [2.05, 4.69) is 5.10 Å². The molecule has 1 aromatic rings. The zero-order valence-electron chi connectivity index (χ0n) is 8.66. The molecule has 4 heteroatoms. The predicted octanol–water partition coefficient (Wildman–Crippen LogP) is 0.970. The number of aryl methyl sites for hydroxylation is 1. The van der Waals surface area contributed by atoms with E-state index in [4.69, 9.17) is 10.5 Å². The Morgan fingerprint density at radius 1 is 1.62 bits per heavy atom. The average Bonchev–Trinajstić information content (AvgIpc) is 2.36. The molecule has 1 aromatic heterocycles. The number of aromatic nitrogens is 2. The van der Waals surface area contributed by atoms with Gasteiger partial charge in [-0.15, -0.1) is 0 Å². The molecular formula is C9H17N3O. The first kappa shape index (κ1) is 10.1. The molecule has 0 fully saturated rings. The van der Waals surface area contributed by atoms with Gasteiger partial charge < -0.3 is 10.5 Å². The predicted molar refractivity (Wildman–Crippen MR) is 52.4 cm³/mol. The van der Waals surface area contributed by atoms with E-state index in [1.807, 2.05) is 20.9 Å². The average molecular weight is 183 g/mol. The van der Waals surface area contributed by atoms with E-state index in [1.165, 1.54) is 0 Å². The van der Waals surface area contributed by atoms with Gasteiger partial charge in [-0.1, -0.05) is 0 Å². The molecule has 1 rings (SSSR count). The van der Waals surface area contributed by atoms with E-state index in [0.717, 1.165) is 17.8 Å². The molecule has 0 amide bonds. The van der Waals surface area contributed by atoms with Gasteiger partial charge in [0.2, 0.25) is 0 Å². The zero-order chi connectivity index (χ0) is 10.1. The number of methoxy groups -OCH3 is 1. The summed E-state index contributed by atoms with van der Waals surface area (Å²) in [6, 6.07) is 0. The summed E-state index contributed by atoms with van der Waals surface area (Å²) in [5, 5.41) is 4.07. The lowest BCUT2D eigenvalue weighted by molar-refractivity contribution is 0.0218. The number of nitrogens with two attached hydrogens (primary N) is 1. The van der Waals surface area contributed by atoms with Crippen LogP contribution in [0.25, 0.3) is 0 Å². The van der Waals surface area contributed by atoms with Crippen LogP contribution in [-0.2, 0) is 18.2 Å². The zero-order valence-corrected chi connectivity index (χ0v) is 8.66. The Morgan fingerprint density at radius 2 is 2.23 bits per heavy atom. The molecule has 0 aromatic carbocycles. The van der Waals surface area contributed by atoms with Crippen molar-refractivity contribution >= 4 is 5.69 Å². The van der Waals surface area contributed by atoms with Crippen LogP contribution in [0.3, 0.4) is 0 Å². The molecule has 0 aliphatic heterocycles. The van der Waals surface area contributed by atoms with Crippen molar-refractivity contribution in [2.45, 2.75) is 25.9 Å². The van der Waals surface area contributed by atoms with Crippen LogP contribution >= 0.6 is 0 Å². The fraction of sp³-hybridized carbons (Fsp3) is 0.667. The van der Waals surface area contributed by atoms with E-state index in [9.17, 15) is 0 Å². The van der Waals surface area contributed by atoms with Crippen molar-refractivity contribution in [2.75, 3.05) is 12.8 Å². The molecule has 0 spiro atoms. The third kappa shape index (κ3) is 2.21. The maximum atomic E-state index is 5.76. The third-order valence-electron chi connectivity index (χ3n) is 2.24. The fourth-order valence-corrected chi connectivity index (χ4v) is 1.17. The minimum atomic E-state index is -0.193. The third-order valence-corrected chi connectivity index (χ3v) is 2.24. The second kappa shape index (κ2) is 3.38. The van der Waals surface area contributed by atoms with Crippen molar-refractivity contribution in [1.82, 2.24) is 9.78 Å². The Bertz CT molecular complexity index is 272. The van der Waals surface area contributed by atoms with Crippen molar-refractivity contribution in [3.05, 3.63) is 11.9 Å². The maximum Gasteiger partial charge on any atom is 0.0734 e. The minimum Gasteiger partial charge on any atom is -0.396 e. The van der Waals surface area contributed by atoms with Gasteiger partial charge in [0.25, 0.3) is 0 Å². The summed E-state index contributed by atoms with van der Waals surface area (Å²) in [4.78, 5) is 0. The van der Waals surface area contributed by atoms with Crippen LogP contribution in [0.5, 0.6) is 0 Å². The van der Waals surface area contributed by atoms with Gasteiger partial charge >= 0.3 is 0 Å². The molecule has 0 unspecified atom stereocenters. The lowest BCUT2D eigenvalue weighted by atomic mass is 10.0. The number of ether oxygens (including phenoxy) is 1. The standard InChI is InChI=1S/C9H17N3O/c1-9(2,13-4)5-8-7(10)6-11-12(8)3/h6H,5,10H2,1-4H3. The highest BCUT2D eigenvalue weighted by atomic mass is 16.5. The minimum absolute atomic E-state index is 0.193. The van der Waals surface area contributed by atoms with Gasteiger partial charge in [0.05, 0.1) is 23.2 Å². The Kier molecular flexibility index (Phi) is 2.61. The van der Waals surface area contributed by atoms with E-state index in [1.54, 1.807) is 18.0 Å². The molecule has 1 heterocycles. The molecular weight excluding hydrogens is 166 g/mol. The summed E-state index contributed by atoms with van der Waals surface area (Å²) in [5.41, 5.74) is 7.32. The molecule has 0 aliphatic rings. The maximum absolute atomic E-state index is 5.76. The molecule has 0 radical (unpaired) electrons. The van der Waals surface area contributed by atoms with E-state index < -0.39 is 0 Å². The SMILES string of the molecule is COC(C)(C)Cc1c(N)cnn1C. The van der Waals surface area contributed by atoms with E-state index in [-0.39, 0.29) is 5.60 Å². The first-order chi connectivity index (χ1) is 5.96. The molecule has 0 atom stereocenters. The first-order valence-corrected chi connectivity index (χ1v) is 4.28. The second-order valence-corrected chi connectivity index (χ2v) is 3.81. The quantitative estimate of drug-likeness (QED) is 0.759.